The Bertz CT molecular complexity index is 666. The molecule has 4 heteroatoms. The maximum Gasteiger partial charge on any atom is 0.224 e. The van der Waals surface area contributed by atoms with Crippen LogP contribution in [0.15, 0.2) is 48.8 Å². The van der Waals surface area contributed by atoms with E-state index in [-0.39, 0.29) is 17.1 Å². The van der Waals surface area contributed by atoms with Gasteiger partial charge in [-0.05, 0) is 36.1 Å². The lowest BCUT2D eigenvalue weighted by atomic mass is 9.78. The van der Waals surface area contributed by atoms with E-state index in [1.54, 1.807) is 18.5 Å². The summed E-state index contributed by atoms with van der Waals surface area (Å²) in [4.78, 5) is 16.2. The number of carbonyl (C=O) groups is 1. The summed E-state index contributed by atoms with van der Waals surface area (Å²) in [5.74, 6) is -0.212. The van der Waals surface area contributed by atoms with Crippen molar-refractivity contribution in [1.82, 2.24) is 10.3 Å². The minimum Gasteiger partial charge on any atom is -0.355 e. The molecule has 0 aliphatic heterocycles. The van der Waals surface area contributed by atoms with Crippen LogP contribution in [0.5, 0.6) is 0 Å². The predicted octanol–water partition coefficient (Wildman–Crippen LogP) is 3.39. The van der Waals surface area contributed by atoms with Crippen molar-refractivity contribution in [3.63, 3.8) is 0 Å². The molecule has 3 rings (SSSR count). The summed E-state index contributed by atoms with van der Waals surface area (Å²) in [6.07, 6.45) is 7.68. The summed E-state index contributed by atoms with van der Waals surface area (Å²) in [6, 6.07) is 10.6. The van der Waals surface area contributed by atoms with Crippen LogP contribution in [0.2, 0.25) is 0 Å². The molecule has 0 spiro atoms. The number of hydrogen-bond acceptors (Lipinski definition) is 2. The zero-order valence-electron chi connectivity index (χ0n) is 13.1. The molecule has 1 amide bonds. The second-order valence-electron chi connectivity index (χ2n) is 6.28. The highest BCUT2D eigenvalue weighted by atomic mass is 19.1. The topological polar surface area (TPSA) is 42.0 Å². The van der Waals surface area contributed by atoms with Gasteiger partial charge in [0.15, 0.2) is 0 Å². The third-order valence-electron chi connectivity index (χ3n) is 4.72. The van der Waals surface area contributed by atoms with Crippen molar-refractivity contribution in [3.8, 4) is 0 Å². The van der Waals surface area contributed by atoms with Crippen LogP contribution >= 0.6 is 0 Å². The van der Waals surface area contributed by atoms with E-state index in [9.17, 15) is 9.18 Å². The van der Waals surface area contributed by atoms with Crippen molar-refractivity contribution in [2.45, 2.75) is 37.5 Å². The van der Waals surface area contributed by atoms with Crippen molar-refractivity contribution in [3.05, 3.63) is 65.7 Å². The summed E-state index contributed by atoms with van der Waals surface area (Å²) in [5, 5.41) is 3.01. The van der Waals surface area contributed by atoms with Crippen molar-refractivity contribution >= 4 is 5.91 Å². The van der Waals surface area contributed by atoms with Gasteiger partial charge < -0.3 is 5.32 Å². The van der Waals surface area contributed by atoms with E-state index < -0.39 is 0 Å². The molecular formula is C19H21FN2O. The third-order valence-corrected chi connectivity index (χ3v) is 4.72. The Morgan fingerprint density at radius 2 is 1.96 bits per heavy atom. The predicted molar refractivity (Wildman–Crippen MR) is 87.5 cm³/mol. The van der Waals surface area contributed by atoms with Gasteiger partial charge in [0.2, 0.25) is 5.91 Å². The first-order valence-electron chi connectivity index (χ1n) is 8.10. The molecule has 0 unspecified atom stereocenters. The number of nitrogens with one attached hydrogen (secondary N) is 1. The quantitative estimate of drug-likeness (QED) is 0.919. The van der Waals surface area contributed by atoms with E-state index in [4.69, 9.17) is 0 Å². The molecule has 3 nitrogen and oxygen atoms in total. The van der Waals surface area contributed by atoms with Gasteiger partial charge in [0.25, 0.3) is 0 Å². The van der Waals surface area contributed by atoms with Gasteiger partial charge in [-0.2, -0.15) is 0 Å². The molecule has 1 aromatic heterocycles. The van der Waals surface area contributed by atoms with Gasteiger partial charge in [0.1, 0.15) is 5.82 Å². The lowest BCUT2D eigenvalue weighted by molar-refractivity contribution is -0.120. The van der Waals surface area contributed by atoms with Gasteiger partial charge in [-0.25, -0.2) is 4.39 Å². The number of amides is 1. The molecule has 1 heterocycles. The third kappa shape index (κ3) is 3.58. The van der Waals surface area contributed by atoms with Crippen molar-refractivity contribution in [2.75, 3.05) is 6.54 Å². The molecule has 1 N–H and O–H groups in total. The molecule has 0 bridgehead atoms. The number of halogens is 1. The monoisotopic (exact) mass is 312 g/mol. The Labute approximate surface area is 135 Å². The number of hydrogen-bond donors (Lipinski definition) is 1. The van der Waals surface area contributed by atoms with Gasteiger partial charge >= 0.3 is 0 Å². The smallest absolute Gasteiger partial charge is 0.224 e. The van der Waals surface area contributed by atoms with Gasteiger partial charge in [-0.1, -0.05) is 37.1 Å². The highest BCUT2D eigenvalue weighted by Crippen LogP contribution is 2.41. The summed E-state index contributed by atoms with van der Waals surface area (Å²) in [6.45, 7) is 0.493. The largest absolute Gasteiger partial charge is 0.355 e. The first kappa shape index (κ1) is 15.7. The van der Waals surface area contributed by atoms with Crippen LogP contribution in [0.25, 0.3) is 0 Å². The average Bonchev–Trinajstić information content (AvgIpc) is 3.04. The van der Waals surface area contributed by atoms with E-state index in [1.807, 2.05) is 24.3 Å². The van der Waals surface area contributed by atoms with E-state index in [0.29, 0.717) is 13.0 Å². The fourth-order valence-electron chi connectivity index (χ4n) is 3.50. The number of benzene rings is 1. The zero-order valence-corrected chi connectivity index (χ0v) is 13.1. The second kappa shape index (κ2) is 6.90. The zero-order chi connectivity index (χ0) is 16.1. The van der Waals surface area contributed by atoms with Crippen molar-refractivity contribution in [1.29, 1.82) is 0 Å². The van der Waals surface area contributed by atoms with Crippen LogP contribution in [0, 0.1) is 5.82 Å². The van der Waals surface area contributed by atoms with Crippen LogP contribution in [-0.4, -0.2) is 17.4 Å². The molecule has 1 fully saturated rings. The molecule has 1 aliphatic rings. The number of carbonyl (C=O) groups excluding carboxylic acids is 1. The van der Waals surface area contributed by atoms with Crippen LogP contribution < -0.4 is 5.32 Å². The normalized spacial score (nSPS) is 16.2. The van der Waals surface area contributed by atoms with E-state index in [2.05, 4.69) is 10.3 Å². The molecule has 0 radical (unpaired) electrons. The van der Waals surface area contributed by atoms with E-state index >= 15 is 0 Å². The first-order chi connectivity index (χ1) is 11.2. The minimum atomic E-state index is -0.268. The fraction of sp³-hybridized carbons (Fsp3) is 0.368. The summed E-state index contributed by atoms with van der Waals surface area (Å²) in [7, 11) is 0. The molecule has 23 heavy (non-hydrogen) atoms. The van der Waals surface area contributed by atoms with E-state index in [0.717, 1.165) is 36.8 Å². The van der Waals surface area contributed by atoms with Crippen LogP contribution in [0.1, 0.15) is 36.8 Å². The van der Waals surface area contributed by atoms with Gasteiger partial charge in [-0.15, -0.1) is 0 Å². The van der Waals surface area contributed by atoms with Gasteiger partial charge in [-0.3, -0.25) is 9.78 Å². The highest BCUT2D eigenvalue weighted by molar-refractivity contribution is 5.78. The molecule has 1 aromatic carbocycles. The first-order valence-corrected chi connectivity index (χ1v) is 8.10. The van der Waals surface area contributed by atoms with E-state index in [1.165, 1.54) is 6.07 Å². The lowest BCUT2D eigenvalue weighted by Gasteiger charge is -2.30. The average molecular weight is 312 g/mol. The number of aromatic nitrogens is 1. The molecule has 2 aromatic rings. The molecular weight excluding hydrogens is 291 g/mol. The summed E-state index contributed by atoms with van der Waals surface area (Å²) >= 11 is 0. The van der Waals surface area contributed by atoms with Crippen LogP contribution in [0.3, 0.4) is 0 Å². The highest BCUT2D eigenvalue weighted by Gasteiger charge is 2.37. The SMILES string of the molecule is O=C(Cc1cccnc1)NCC1(c2ccccc2F)CCCC1. The van der Waals surface area contributed by atoms with Crippen LogP contribution in [0.4, 0.5) is 4.39 Å². The standard InChI is InChI=1S/C19H21FN2O/c20-17-8-2-1-7-16(17)19(9-3-4-10-19)14-22-18(23)12-15-6-5-11-21-13-15/h1-2,5-8,11,13H,3-4,9-10,12,14H2,(H,22,23). The Balaban J connectivity index is 1.69. The summed E-state index contributed by atoms with van der Waals surface area (Å²) in [5.41, 5.74) is 1.35. The second-order valence-corrected chi connectivity index (χ2v) is 6.28. The maximum absolute atomic E-state index is 14.2. The molecule has 120 valence electrons. The lowest BCUT2D eigenvalue weighted by Crippen LogP contribution is -2.40. The fourth-order valence-corrected chi connectivity index (χ4v) is 3.50. The maximum atomic E-state index is 14.2. The number of pyridine rings is 1. The Morgan fingerprint density at radius 1 is 1.17 bits per heavy atom. The molecule has 0 atom stereocenters. The minimum absolute atomic E-state index is 0.0411. The number of nitrogens with zero attached hydrogens (tertiary/aromatic N) is 1. The Hall–Kier alpha value is -2.23. The van der Waals surface area contributed by atoms with Gasteiger partial charge in [0.05, 0.1) is 6.42 Å². The molecule has 0 saturated heterocycles. The summed E-state index contributed by atoms with van der Waals surface area (Å²) < 4.78 is 14.2. The Morgan fingerprint density at radius 3 is 2.65 bits per heavy atom. The van der Waals surface area contributed by atoms with Crippen LogP contribution in [-0.2, 0) is 16.6 Å². The number of rotatable bonds is 5. The van der Waals surface area contributed by atoms with Crippen molar-refractivity contribution in [2.24, 2.45) is 0 Å². The Kier molecular flexibility index (Phi) is 4.70. The molecule has 1 aliphatic carbocycles. The molecule has 1 saturated carbocycles. The van der Waals surface area contributed by atoms with Gasteiger partial charge in [0, 0.05) is 24.4 Å². The van der Waals surface area contributed by atoms with Crippen molar-refractivity contribution < 1.29 is 9.18 Å².